The van der Waals surface area contributed by atoms with Gasteiger partial charge in [0.2, 0.25) is 5.91 Å². The van der Waals surface area contributed by atoms with Gasteiger partial charge in [-0.1, -0.05) is 23.7 Å². The van der Waals surface area contributed by atoms with E-state index in [1.165, 1.54) is 13.8 Å². The minimum absolute atomic E-state index is 0.179. The summed E-state index contributed by atoms with van der Waals surface area (Å²) in [5, 5.41) is 11.5. The SMILES string of the molecule is Cc1nn(Cc2cccc(Cl)c2)c(C)c1NC(=O)C(C)n1nc(C(F)(F)F)c(Br)c1C. The summed E-state index contributed by atoms with van der Waals surface area (Å²) in [6.45, 7) is 6.97. The molecule has 0 saturated heterocycles. The zero-order valence-corrected chi connectivity index (χ0v) is 19.5. The van der Waals surface area contributed by atoms with Gasteiger partial charge in [-0.2, -0.15) is 23.4 Å². The molecular weight excluding hydrogens is 499 g/mol. The molecule has 1 unspecified atom stereocenters. The smallest absolute Gasteiger partial charge is 0.321 e. The molecule has 3 rings (SSSR count). The van der Waals surface area contributed by atoms with Crippen LogP contribution < -0.4 is 5.32 Å². The van der Waals surface area contributed by atoms with Gasteiger partial charge in [-0.25, -0.2) is 0 Å². The van der Waals surface area contributed by atoms with Gasteiger partial charge in [0, 0.05) is 5.02 Å². The van der Waals surface area contributed by atoms with Gasteiger partial charge in [0.1, 0.15) is 6.04 Å². The van der Waals surface area contributed by atoms with Crippen molar-refractivity contribution < 1.29 is 18.0 Å². The zero-order chi connectivity index (χ0) is 23.1. The highest BCUT2D eigenvalue weighted by Gasteiger charge is 2.39. The average molecular weight is 519 g/mol. The molecule has 1 N–H and O–H groups in total. The Bertz CT molecular complexity index is 1140. The summed E-state index contributed by atoms with van der Waals surface area (Å²) in [7, 11) is 0. The molecule has 6 nitrogen and oxygen atoms in total. The number of nitrogens with one attached hydrogen (secondary N) is 1. The summed E-state index contributed by atoms with van der Waals surface area (Å²) in [5.74, 6) is -0.500. The predicted octanol–water partition coefficient (Wildman–Crippen LogP) is 5.69. The number of aryl methyl sites for hydroxylation is 1. The molecule has 1 aromatic carbocycles. The molecule has 3 aromatic rings. The molecule has 11 heteroatoms. The van der Waals surface area contributed by atoms with E-state index in [2.05, 4.69) is 31.4 Å². The Morgan fingerprint density at radius 2 is 1.90 bits per heavy atom. The number of anilines is 1. The topological polar surface area (TPSA) is 64.7 Å². The monoisotopic (exact) mass is 517 g/mol. The number of rotatable bonds is 5. The molecule has 0 bridgehead atoms. The van der Waals surface area contributed by atoms with Crippen LogP contribution in [0.4, 0.5) is 18.9 Å². The normalized spacial score (nSPS) is 12.8. The molecule has 166 valence electrons. The second-order valence-electron chi connectivity index (χ2n) is 7.19. The van der Waals surface area contributed by atoms with Crippen molar-refractivity contribution in [2.24, 2.45) is 0 Å². The van der Waals surface area contributed by atoms with Crippen LogP contribution in [0, 0.1) is 20.8 Å². The molecule has 0 aliphatic carbocycles. The van der Waals surface area contributed by atoms with Crippen LogP contribution in [0.25, 0.3) is 0 Å². The van der Waals surface area contributed by atoms with Gasteiger partial charge in [0.05, 0.1) is 33.8 Å². The Morgan fingerprint density at radius 3 is 2.48 bits per heavy atom. The number of carbonyl (C=O) groups excluding carboxylic acids is 1. The lowest BCUT2D eigenvalue weighted by atomic mass is 10.2. The van der Waals surface area contributed by atoms with Crippen molar-refractivity contribution in [1.29, 1.82) is 0 Å². The number of carbonyl (C=O) groups is 1. The van der Waals surface area contributed by atoms with Gasteiger partial charge in [-0.3, -0.25) is 14.2 Å². The molecule has 1 amide bonds. The molecule has 0 spiro atoms. The van der Waals surface area contributed by atoms with E-state index in [1.54, 1.807) is 17.7 Å². The number of aromatic nitrogens is 4. The van der Waals surface area contributed by atoms with E-state index in [0.29, 0.717) is 28.6 Å². The molecule has 31 heavy (non-hydrogen) atoms. The maximum absolute atomic E-state index is 13.1. The third-order valence-corrected chi connectivity index (χ3v) is 6.13. The maximum Gasteiger partial charge on any atom is 0.436 e. The summed E-state index contributed by atoms with van der Waals surface area (Å²) in [5.41, 5.74) is 1.91. The molecule has 2 heterocycles. The Hall–Kier alpha value is -2.33. The van der Waals surface area contributed by atoms with Gasteiger partial charge >= 0.3 is 6.18 Å². The largest absolute Gasteiger partial charge is 0.436 e. The minimum atomic E-state index is -4.63. The summed E-state index contributed by atoms with van der Waals surface area (Å²) >= 11 is 8.96. The summed E-state index contributed by atoms with van der Waals surface area (Å²) in [4.78, 5) is 12.8. The molecule has 0 aliphatic heterocycles. The number of amides is 1. The van der Waals surface area contributed by atoms with Gasteiger partial charge < -0.3 is 5.32 Å². The molecule has 0 aliphatic rings. The van der Waals surface area contributed by atoms with E-state index in [0.717, 1.165) is 10.2 Å². The Kier molecular flexibility index (Phi) is 6.52. The van der Waals surface area contributed by atoms with Crippen LogP contribution in [0.15, 0.2) is 28.7 Å². The Balaban J connectivity index is 1.83. The van der Waals surface area contributed by atoms with Gasteiger partial charge in [-0.15, -0.1) is 0 Å². The van der Waals surface area contributed by atoms with Crippen LogP contribution in [0.3, 0.4) is 0 Å². The van der Waals surface area contributed by atoms with E-state index in [-0.39, 0.29) is 10.2 Å². The van der Waals surface area contributed by atoms with E-state index < -0.39 is 23.8 Å². The van der Waals surface area contributed by atoms with E-state index in [4.69, 9.17) is 11.6 Å². The Morgan fingerprint density at radius 1 is 1.23 bits per heavy atom. The number of alkyl halides is 3. The van der Waals surface area contributed by atoms with Crippen molar-refractivity contribution in [3.05, 3.63) is 62.1 Å². The molecular formula is C20H20BrClF3N5O. The third kappa shape index (κ3) is 4.79. The first kappa shape index (κ1) is 23.3. The summed E-state index contributed by atoms with van der Waals surface area (Å²) in [6.07, 6.45) is -4.63. The van der Waals surface area contributed by atoms with Crippen LogP contribution in [0.2, 0.25) is 5.02 Å². The Labute approximate surface area is 190 Å². The van der Waals surface area contributed by atoms with Crippen molar-refractivity contribution in [2.45, 2.75) is 46.5 Å². The van der Waals surface area contributed by atoms with Gasteiger partial charge in [0.15, 0.2) is 5.69 Å². The second kappa shape index (κ2) is 8.66. The van der Waals surface area contributed by atoms with Crippen LogP contribution in [0.1, 0.15) is 41.3 Å². The average Bonchev–Trinajstić information content (AvgIpc) is 3.12. The molecule has 0 radical (unpaired) electrons. The van der Waals surface area contributed by atoms with Crippen LogP contribution >= 0.6 is 27.5 Å². The second-order valence-corrected chi connectivity index (χ2v) is 8.42. The summed E-state index contributed by atoms with van der Waals surface area (Å²) < 4.78 is 42.0. The lowest BCUT2D eigenvalue weighted by Crippen LogP contribution is -2.26. The lowest BCUT2D eigenvalue weighted by molar-refractivity contribution is -0.142. The third-order valence-electron chi connectivity index (χ3n) is 4.94. The van der Waals surface area contributed by atoms with Crippen LogP contribution in [0.5, 0.6) is 0 Å². The fourth-order valence-electron chi connectivity index (χ4n) is 3.24. The number of hydrogen-bond donors (Lipinski definition) is 1. The zero-order valence-electron chi connectivity index (χ0n) is 17.2. The highest BCUT2D eigenvalue weighted by Crippen LogP contribution is 2.36. The number of benzene rings is 1. The maximum atomic E-state index is 13.1. The first-order valence-electron chi connectivity index (χ1n) is 9.31. The lowest BCUT2D eigenvalue weighted by Gasteiger charge is -2.15. The number of nitrogens with zero attached hydrogens (tertiary/aromatic N) is 4. The summed E-state index contributed by atoms with van der Waals surface area (Å²) in [6, 6.07) is 6.39. The van der Waals surface area contributed by atoms with Crippen LogP contribution in [-0.4, -0.2) is 25.5 Å². The highest BCUT2D eigenvalue weighted by molar-refractivity contribution is 9.10. The first-order valence-corrected chi connectivity index (χ1v) is 10.5. The van der Waals surface area contributed by atoms with Crippen molar-refractivity contribution >= 4 is 39.1 Å². The molecule has 0 fully saturated rings. The van der Waals surface area contributed by atoms with Gasteiger partial charge in [-0.05, 0) is 61.3 Å². The van der Waals surface area contributed by atoms with E-state index in [1.807, 2.05) is 25.1 Å². The first-order chi connectivity index (χ1) is 14.4. The predicted molar refractivity (Wildman–Crippen MR) is 115 cm³/mol. The van der Waals surface area contributed by atoms with Crippen LogP contribution in [-0.2, 0) is 17.5 Å². The number of halogens is 5. The minimum Gasteiger partial charge on any atom is -0.321 e. The standard InChI is InChI=1S/C20H20BrClF3N5O/c1-10-17(12(3)29(27-10)9-14-6-5-7-15(22)8-14)26-19(31)13(4)30-11(2)16(21)18(28-30)20(23,24)25/h5-8,13H,9H2,1-4H3,(H,26,31). The molecule has 0 saturated carbocycles. The van der Waals surface area contributed by atoms with Crippen molar-refractivity contribution in [3.8, 4) is 0 Å². The van der Waals surface area contributed by atoms with E-state index >= 15 is 0 Å². The quantitative estimate of drug-likeness (QED) is 0.472. The molecule has 1 atom stereocenters. The number of hydrogen-bond acceptors (Lipinski definition) is 3. The molecule has 2 aromatic heterocycles. The fourth-order valence-corrected chi connectivity index (χ4v) is 3.93. The van der Waals surface area contributed by atoms with Gasteiger partial charge in [0.25, 0.3) is 0 Å². The fraction of sp³-hybridized carbons (Fsp3) is 0.350. The van der Waals surface area contributed by atoms with E-state index in [9.17, 15) is 18.0 Å². The van der Waals surface area contributed by atoms with Crippen molar-refractivity contribution in [3.63, 3.8) is 0 Å². The highest BCUT2D eigenvalue weighted by atomic mass is 79.9. The van der Waals surface area contributed by atoms with Crippen molar-refractivity contribution in [2.75, 3.05) is 5.32 Å². The van der Waals surface area contributed by atoms with Crippen molar-refractivity contribution in [1.82, 2.24) is 19.6 Å².